The molecule has 0 bridgehead atoms. The van der Waals surface area contributed by atoms with E-state index in [0.29, 0.717) is 19.4 Å². The van der Waals surface area contributed by atoms with E-state index >= 15 is 0 Å². The standard InChI is InChI=1S/C8H18O3/c1-3-5-11-8(10)6-7(9)4-2/h7-10H,3-6H2,1-2H3. The summed E-state index contributed by atoms with van der Waals surface area (Å²) in [5.41, 5.74) is 0. The van der Waals surface area contributed by atoms with Gasteiger partial charge in [0, 0.05) is 13.0 Å². The Kier molecular flexibility index (Phi) is 6.51. The third kappa shape index (κ3) is 6.28. The quantitative estimate of drug-likeness (QED) is 0.570. The molecule has 0 saturated heterocycles. The first-order valence-corrected chi connectivity index (χ1v) is 4.18. The van der Waals surface area contributed by atoms with Crippen LogP contribution in [0.4, 0.5) is 0 Å². The van der Waals surface area contributed by atoms with Crippen LogP contribution >= 0.6 is 0 Å². The SMILES string of the molecule is CCCOC(O)CC(O)CC. The molecule has 0 heterocycles. The van der Waals surface area contributed by atoms with Gasteiger partial charge >= 0.3 is 0 Å². The Morgan fingerprint density at radius 1 is 1.27 bits per heavy atom. The monoisotopic (exact) mass is 162 g/mol. The number of ether oxygens (including phenoxy) is 1. The molecule has 2 unspecified atom stereocenters. The average molecular weight is 162 g/mol. The van der Waals surface area contributed by atoms with Crippen LogP contribution in [0.3, 0.4) is 0 Å². The van der Waals surface area contributed by atoms with Gasteiger partial charge in [-0.2, -0.15) is 0 Å². The third-order valence-corrected chi connectivity index (χ3v) is 1.46. The van der Waals surface area contributed by atoms with Crippen LogP contribution in [0.25, 0.3) is 0 Å². The number of aliphatic hydroxyl groups excluding tert-OH is 2. The predicted molar refractivity (Wildman–Crippen MR) is 43.2 cm³/mol. The van der Waals surface area contributed by atoms with Gasteiger partial charge in [-0.05, 0) is 12.8 Å². The molecular formula is C8H18O3. The van der Waals surface area contributed by atoms with E-state index in [2.05, 4.69) is 0 Å². The fraction of sp³-hybridized carbons (Fsp3) is 1.00. The Morgan fingerprint density at radius 3 is 2.36 bits per heavy atom. The van der Waals surface area contributed by atoms with Crippen molar-refractivity contribution in [2.75, 3.05) is 6.61 Å². The highest BCUT2D eigenvalue weighted by atomic mass is 16.6. The van der Waals surface area contributed by atoms with E-state index in [1.54, 1.807) is 0 Å². The minimum atomic E-state index is -0.801. The second kappa shape index (κ2) is 6.58. The summed E-state index contributed by atoms with van der Waals surface area (Å²) in [4.78, 5) is 0. The first kappa shape index (κ1) is 10.9. The van der Waals surface area contributed by atoms with E-state index in [-0.39, 0.29) is 0 Å². The molecule has 2 atom stereocenters. The molecule has 0 fully saturated rings. The fourth-order valence-corrected chi connectivity index (χ4v) is 0.721. The van der Waals surface area contributed by atoms with Crippen LogP contribution in [-0.2, 0) is 4.74 Å². The number of hydrogen-bond donors (Lipinski definition) is 2. The van der Waals surface area contributed by atoms with Gasteiger partial charge in [-0.3, -0.25) is 0 Å². The summed E-state index contributed by atoms with van der Waals surface area (Å²) in [5.74, 6) is 0. The van der Waals surface area contributed by atoms with Crippen LogP contribution in [0.2, 0.25) is 0 Å². The van der Waals surface area contributed by atoms with Crippen molar-refractivity contribution in [1.82, 2.24) is 0 Å². The van der Waals surface area contributed by atoms with Gasteiger partial charge < -0.3 is 14.9 Å². The normalized spacial score (nSPS) is 16.4. The van der Waals surface area contributed by atoms with Crippen molar-refractivity contribution in [3.8, 4) is 0 Å². The van der Waals surface area contributed by atoms with Crippen LogP contribution < -0.4 is 0 Å². The summed E-state index contributed by atoms with van der Waals surface area (Å²) in [6.07, 6.45) is 0.620. The molecule has 0 aliphatic rings. The zero-order chi connectivity index (χ0) is 8.69. The average Bonchev–Trinajstić information content (AvgIpc) is 2.00. The Bertz CT molecular complexity index is 85.4. The second-order valence-corrected chi connectivity index (χ2v) is 2.62. The van der Waals surface area contributed by atoms with Gasteiger partial charge in [-0.1, -0.05) is 13.8 Å². The largest absolute Gasteiger partial charge is 0.393 e. The third-order valence-electron chi connectivity index (χ3n) is 1.46. The minimum Gasteiger partial charge on any atom is -0.393 e. The van der Waals surface area contributed by atoms with Crippen LogP contribution in [0.1, 0.15) is 33.1 Å². The van der Waals surface area contributed by atoms with Crippen molar-refractivity contribution in [3.63, 3.8) is 0 Å². The molecular weight excluding hydrogens is 144 g/mol. The van der Waals surface area contributed by atoms with Gasteiger partial charge in [0.15, 0.2) is 6.29 Å². The van der Waals surface area contributed by atoms with Crippen molar-refractivity contribution >= 4 is 0 Å². The molecule has 0 aliphatic carbocycles. The van der Waals surface area contributed by atoms with Crippen LogP contribution in [0.5, 0.6) is 0 Å². The zero-order valence-electron chi connectivity index (χ0n) is 7.29. The molecule has 11 heavy (non-hydrogen) atoms. The lowest BCUT2D eigenvalue weighted by Crippen LogP contribution is -2.20. The van der Waals surface area contributed by atoms with E-state index in [4.69, 9.17) is 14.9 Å². The maximum Gasteiger partial charge on any atom is 0.156 e. The Hall–Kier alpha value is -0.120. The Morgan fingerprint density at radius 2 is 1.91 bits per heavy atom. The van der Waals surface area contributed by atoms with E-state index in [9.17, 15) is 0 Å². The summed E-state index contributed by atoms with van der Waals surface area (Å²) in [6, 6.07) is 0. The minimum absolute atomic E-state index is 0.316. The van der Waals surface area contributed by atoms with Gasteiger partial charge in [0.25, 0.3) is 0 Å². The molecule has 0 amide bonds. The van der Waals surface area contributed by atoms with Crippen LogP contribution in [0, 0.1) is 0 Å². The summed E-state index contributed by atoms with van der Waals surface area (Å²) in [5, 5.41) is 18.2. The number of aliphatic hydroxyl groups is 2. The maximum absolute atomic E-state index is 9.10. The summed E-state index contributed by atoms with van der Waals surface area (Å²) in [6.45, 7) is 4.40. The smallest absolute Gasteiger partial charge is 0.156 e. The van der Waals surface area contributed by atoms with E-state index in [0.717, 1.165) is 6.42 Å². The highest BCUT2D eigenvalue weighted by Gasteiger charge is 2.09. The van der Waals surface area contributed by atoms with Gasteiger partial charge in [0.2, 0.25) is 0 Å². The van der Waals surface area contributed by atoms with E-state index in [1.165, 1.54) is 0 Å². The molecule has 0 aromatic rings. The number of hydrogen-bond acceptors (Lipinski definition) is 3. The van der Waals surface area contributed by atoms with E-state index < -0.39 is 12.4 Å². The van der Waals surface area contributed by atoms with Gasteiger partial charge in [-0.25, -0.2) is 0 Å². The van der Waals surface area contributed by atoms with Crippen molar-refractivity contribution in [2.24, 2.45) is 0 Å². The molecule has 68 valence electrons. The predicted octanol–water partition coefficient (Wildman–Crippen LogP) is 0.892. The second-order valence-electron chi connectivity index (χ2n) is 2.62. The highest BCUT2D eigenvalue weighted by Crippen LogP contribution is 2.03. The first-order valence-electron chi connectivity index (χ1n) is 4.18. The molecule has 2 N–H and O–H groups in total. The Labute approximate surface area is 68.0 Å². The maximum atomic E-state index is 9.10. The molecule has 0 aromatic carbocycles. The molecule has 3 heteroatoms. The van der Waals surface area contributed by atoms with Gasteiger partial charge in [0.1, 0.15) is 0 Å². The first-order chi connectivity index (χ1) is 5.20. The van der Waals surface area contributed by atoms with Gasteiger partial charge in [-0.15, -0.1) is 0 Å². The summed E-state index contributed by atoms with van der Waals surface area (Å²) < 4.78 is 4.96. The molecule has 0 aromatic heterocycles. The van der Waals surface area contributed by atoms with E-state index in [1.807, 2.05) is 13.8 Å². The Balaban J connectivity index is 3.27. The van der Waals surface area contributed by atoms with Crippen molar-refractivity contribution in [2.45, 2.75) is 45.5 Å². The summed E-state index contributed by atoms with van der Waals surface area (Å²) in [7, 11) is 0. The van der Waals surface area contributed by atoms with Gasteiger partial charge in [0.05, 0.1) is 6.10 Å². The molecule has 0 spiro atoms. The molecule has 0 radical (unpaired) electrons. The lowest BCUT2D eigenvalue weighted by Gasteiger charge is -2.14. The topological polar surface area (TPSA) is 49.7 Å². The number of rotatable bonds is 6. The molecule has 3 nitrogen and oxygen atoms in total. The fourth-order valence-electron chi connectivity index (χ4n) is 0.721. The molecule has 0 aliphatic heterocycles. The zero-order valence-corrected chi connectivity index (χ0v) is 7.29. The highest BCUT2D eigenvalue weighted by molar-refractivity contribution is 4.53. The van der Waals surface area contributed by atoms with Crippen LogP contribution in [-0.4, -0.2) is 29.2 Å². The van der Waals surface area contributed by atoms with Crippen molar-refractivity contribution in [1.29, 1.82) is 0 Å². The van der Waals surface area contributed by atoms with Crippen molar-refractivity contribution in [3.05, 3.63) is 0 Å². The van der Waals surface area contributed by atoms with Crippen molar-refractivity contribution < 1.29 is 14.9 Å². The lowest BCUT2D eigenvalue weighted by atomic mass is 10.2. The lowest BCUT2D eigenvalue weighted by molar-refractivity contribution is -0.119. The molecule has 0 saturated carbocycles. The van der Waals surface area contributed by atoms with Crippen LogP contribution in [0.15, 0.2) is 0 Å². The summed E-state index contributed by atoms with van der Waals surface area (Å²) >= 11 is 0. The molecule has 0 rings (SSSR count).